The zero-order chi connectivity index (χ0) is 13.2. The summed E-state index contributed by atoms with van der Waals surface area (Å²) in [6.07, 6.45) is 7.22. The Morgan fingerprint density at radius 3 is 2.58 bits per heavy atom. The molecule has 1 atom stereocenters. The number of nitrogens with zero attached hydrogens (tertiary/aromatic N) is 1. The summed E-state index contributed by atoms with van der Waals surface area (Å²) in [5.41, 5.74) is 2.17. The zero-order valence-electron chi connectivity index (χ0n) is 11.2. The first-order valence-corrected chi connectivity index (χ1v) is 7.36. The van der Waals surface area contributed by atoms with Gasteiger partial charge in [0.25, 0.3) is 0 Å². The summed E-state index contributed by atoms with van der Waals surface area (Å²) in [7, 11) is 0. The van der Waals surface area contributed by atoms with Gasteiger partial charge in [0.2, 0.25) is 0 Å². The van der Waals surface area contributed by atoms with Crippen LogP contribution in [0, 0.1) is 0 Å². The third-order valence-corrected chi connectivity index (χ3v) is 4.59. The minimum absolute atomic E-state index is 0.323. The highest BCUT2D eigenvalue weighted by Crippen LogP contribution is 2.38. The van der Waals surface area contributed by atoms with Gasteiger partial charge in [-0.2, -0.15) is 0 Å². The molecule has 3 nitrogen and oxygen atoms in total. The highest BCUT2D eigenvalue weighted by Gasteiger charge is 2.32. The van der Waals surface area contributed by atoms with Gasteiger partial charge in [0.1, 0.15) is 0 Å². The topological polar surface area (TPSA) is 40.5 Å². The molecule has 1 saturated carbocycles. The van der Waals surface area contributed by atoms with Crippen molar-refractivity contribution >= 4 is 11.7 Å². The third kappa shape index (κ3) is 2.34. The molecular weight excluding hydrogens is 238 g/mol. The lowest BCUT2D eigenvalue weighted by Crippen LogP contribution is -2.42. The van der Waals surface area contributed by atoms with E-state index in [2.05, 4.69) is 11.0 Å². The van der Waals surface area contributed by atoms with Gasteiger partial charge < -0.3 is 10.0 Å². The highest BCUT2D eigenvalue weighted by molar-refractivity contribution is 5.80. The fraction of sp³-hybridized carbons (Fsp3) is 0.562. The lowest BCUT2D eigenvalue weighted by molar-refractivity contribution is -0.139. The number of fused-ring (bicyclic) bond motifs is 1. The van der Waals surface area contributed by atoms with E-state index in [9.17, 15) is 9.90 Å². The minimum atomic E-state index is -0.684. The van der Waals surface area contributed by atoms with Gasteiger partial charge in [-0.25, -0.2) is 0 Å². The molecule has 1 unspecified atom stereocenters. The van der Waals surface area contributed by atoms with Crippen LogP contribution >= 0.6 is 0 Å². The lowest BCUT2D eigenvalue weighted by Gasteiger charge is -2.41. The van der Waals surface area contributed by atoms with Crippen molar-refractivity contribution in [1.29, 1.82) is 0 Å². The third-order valence-electron chi connectivity index (χ3n) is 4.59. The van der Waals surface area contributed by atoms with Crippen LogP contribution in [0.4, 0.5) is 5.69 Å². The normalized spacial score (nSPS) is 24.0. The van der Waals surface area contributed by atoms with Gasteiger partial charge in [0, 0.05) is 18.3 Å². The number of carbonyl (C=O) groups is 1. The summed E-state index contributed by atoms with van der Waals surface area (Å²) in [5.74, 6) is -1.01. The van der Waals surface area contributed by atoms with Crippen LogP contribution in [0.2, 0.25) is 0 Å². The van der Waals surface area contributed by atoms with Crippen molar-refractivity contribution in [1.82, 2.24) is 0 Å². The first-order chi connectivity index (χ1) is 9.27. The quantitative estimate of drug-likeness (QED) is 0.885. The smallest absolute Gasteiger partial charge is 0.311 e. The molecule has 0 radical (unpaired) electrons. The van der Waals surface area contributed by atoms with E-state index in [0.717, 1.165) is 24.2 Å². The van der Waals surface area contributed by atoms with Gasteiger partial charge in [0.15, 0.2) is 0 Å². The number of carboxylic acid groups (broad SMARTS) is 1. The molecule has 1 aromatic rings. The fourth-order valence-corrected chi connectivity index (χ4v) is 3.62. The number of hydrogen-bond acceptors (Lipinski definition) is 2. The Balaban J connectivity index is 1.91. The first-order valence-electron chi connectivity index (χ1n) is 7.36. The Bertz CT molecular complexity index is 466. The van der Waals surface area contributed by atoms with Crippen LogP contribution in [-0.4, -0.2) is 23.7 Å². The monoisotopic (exact) mass is 259 g/mol. The van der Waals surface area contributed by atoms with E-state index in [4.69, 9.17) is 0 Å². The summed E-state index contributed by atoms with van der Waals surface area (Å²) < 4.78 is 0. The molecule has 1 aliphatic carbocycles. The number of rotatable bonds is 2. The average molecular weight is 259 g/mol. The van der Waals surface area contributed by atoms with Crippen LogP contribution in [0.3, 0.4) is 0 Å². The van der Waals surface area contributed by atoms with Crippen molar-refractivity contribution in [2.24, 2.45) is 0 Å². The molecule has 3 rings (SSSR count). The maximum absolute atomic E-state index is 11.4. The zero-order valence-corrected chi connectivity index (χ0v) is 11.2. The minimum Gasteiger partial charge on any atom is -0.481 e. The van der Waals surface area contributed by atoms with E-state index in [0.29, 0.717) is 6.04 Å². The lowest BCUT2D eigenvalue weighted by atomic mass is 9.86. The van der Waals surface area contributed by atoms with Gasteiger partial charge in [-0.3, -0.25) is 4.79 Å². The van der Waals surface area contributed by atoms with Gasteiger partial charge in [0.05, 0.1) is 5.92 Å². The summed E-state index contributed by atoms with van der Waals surface area (Å²) in [5, 5.41) is 9.36. The van der Waals surface area contributed by atoms with E-state index in [1.54, 1.807) is 0 Å². The van der Waals surface area contributed by atoms with Crippen molar-refractivity contribution < 1.29 is 9.90 Å². The molecule has 2 aliphatic rings. The van der Waals surface area contributed by atoms with Crippen molar-refractivity contribution in [3.63, 3.8) is 0 Å². The molecule has 19 heavy (non-hydrogen) atoms. The van der Waals surface area contributed by atoms with Gasteiger partial charge >= 0.3 is 5.97 Å². The average Bonchev–Trinajstić information content (AvgIpc) is 2.47. The maximum Gasteiger partial charge on any atom is 0.311 e. The summed E-state index contributed by atoms with van der Waals surface area (Å²) >= 11 is 0. The van der Waals surface area contributed by atoms with Crippen LogP contribution in [-0.2, 0) is 4.79 Å². The van der Waals surface area contributed by atoms with Gasteiger partial charge in [-0.05, 0) is 30.9 Å². The van der Waals surface area contributed by atoms with Crippen LogP contribution in [0.25, 0.3) is 0 Å². The second-order valence-corrected chi connectivity index (χ2v) is 5.72. The molecule has 1 N–H and O–H groups in total. The molecule has 0 bridgehead atoms. The molecular formula is C16H21NO2. The Morgan fingerprint density at radius 2 is 1.84 bits per heavy atom. The molecule has 0 spiro atoms. The number of para-hydroxylation sites is 1. The highest BCUT2D eigenvalue weighted by atomic mass is 16.4. The summed E-state index contributed by atoms with van der Waals surface area (Å²) in [6, 6.07) is 8.69. The van der Waals surface area contributed by atoms with E-state index >= 15 is 0 Å². The van der Waals surface area contributed by atoms with Gasteiger partial charge in [-0.1, -0.05) is 37.5 Å². The molecule has 1 heterocycles. The SMILES string of the molecule is O=C(O)C1CCN(C2CCCCC2)c2ccccc21. The molecule has 0 saturated heterocycles. The van der Waals surface area contributed by atoms with Crippen LogP contribution in [0.1, 0.15) is 50.0 Å². The number of aliphatic carboxylic acids is 1. The van der Waals surface area contributed by atoms with Crippen molar-refractivity contribution in [3.8, 4) is 0 Å². The predicted octanol–water partition coefficient (Wildman–Crippen LogP) is 3.40. The largest absolute Gasteiger partial charge is 0.481 e. The standard InChI is InChI=1S/C16H21NO2/c18-16(19)14-10-11-17(12-6-2-1-3-7-12)15-9-5-4-8-13(14)15/h4-5,8-9,12,14H,1-3,6-7,10-11H2,(H,18,19). The molecule has 0 amide bonds. The van der Waals surface area contributed by atoms with Crippen LogP contribution in [0.5, 0.6) is 0 Å². The van der Waals surface area contributed by atoms with E-state index in [1.807, 2.05) is 18.2 Å². The molecule has 1 fully saturated rings. The summed E-state index contributed by atoms with van der Waals surface area (Å²) in [4.78, 5) is 13.8. The Kier molecular flexibility index (Phi) is 3.45. The van der Waals surface area contributed by atoms with E-state index in [-0.39, 0.29) is 5.92 Å². The van der Waals surface area contributed by atoms with Crippen LogP contribution in [0.15, 0.2) is 24.3 Å². The van der Waals surface area contributed by atoms with Crippen molar-refractivity contribution in [2.45, 2.75) is 50.5 Å². The van der Waals surface area contributed by atoms with Crippen molar-refractivity contribution in [2.75, 3.05) is 11.4 Å². The second-order valence-electron chi connectivity index (χ2n) is 5.72. The van der Waals surface area contributed by atoms with Crippen LogP contribution < -0.4 is 4.90 Å². The second kappa shape index (κ2) is 5.24. The maximum atomic E-state index is 11.4. The number of anilines is 1. The number of benzene rings is 1. The first kappa shape index (κ1) is 12.5. The van der Waals surface area contributed by atoms with E-state index in [1.165, 1.54) is 32.1 Å². The molecule has 1 aromatic carbocycles. The summed E-state index contributed by atoms with van der Waals surface area (Å²) in [6.45, 7) is 0.888. The Labute approximate surface area is 114 Å². The number of hydrogen-bond donors (Lipinski definition) is 1. The molecule has 3 heteroatoms. The van der Waals surface area contributed by atoms with E-state index < -0.39 is 5.97 Å². The molecule has 102 valence electrons. The predicted molar refractivity (Wildman–Crippen MR) is 75.7 cm³/mol. The fourth-order valence-electron chi connectivity index (χ4n) is 3.62. The number of carboxylic acids is 1. The Hall–Kier alpha value is -1.51. The van der Waals surface area contributed by atoms with Gasteiger partial charge in [-0.15, -0.1) is 0 Å². The Morgan fingerprint density at radius 1 is 1.11 bits per heavy atom. The van der Waals surface area contributed by atoms with Crippen molar-refractivity contribution in [3.05, 3.63) is 29.8 Å². The molecule has 1 aliphatic heterocycles. The molecule has 0 aromatic heterocycles.